The molecule has 0 atom stereocenters. The molecule has 1 N–H and O–H groups in total. The average Bonchev–Trinajstić information content (AvgIpc) is 2.66. The second kappa shape index (κ2) is 9.61. The van der Waals surface area contributed by atoms with Gasteiger partial charge < -0.3 is 19.5 Å². The zero-order valence-electron chi connectivity index (χ0n) is 15.8. The van der Waals surface area contributed by atoms with Crippen LogP contribution in [0.3, 0.4) is 0 Å². The molecule has 0 saturated carbocycles. The fraction of sp³-hybridized carbons (Fsp3) is 0.316. The zero-order valence-corrected chi connectivity index (χ0v) is 17.4. The van der Waals surface area contributed by atoms with Crippen LogP contribution in [0.15, 0.2) is 24.4 Å². The summed E-state index contributed by atoms with van der Waals surface area (Å²) in [4.78, 5) is 28.2. The van der Waals surface area contributed by atoms with E-state index in [9.17, 15) is 9.59 Å². The van der Waals surface area contributed by atoms with Gasteiger partial charge in [-0.2, -0.15) is 0 Å². The lowest BCUT2D eigenvalue weighted by Crippen LogP contribution is -2.21. The molecule has 0 bridgehead atoms. The van der Waals surface area contributed by atoms with Crippen molar-refractivity contribution in [2.75, 3.05) is 19.0 Å². The van der Waals surface area contributed by atoms with Crippen LogP contribution in [-0.2, 0) is 9.53 Å². The summed E-state index contributed by atoms with van der Waals surface area (Å²) in [5, 5.41) is 3.08. The highest BCUT2D eigenvalue weighted by atomic mass is 35.5. The number of ether oxygens (including phenoxy) is 3. The number of anilines is 1. The van der Waals surface area contributed by atoms with Gasteiger partial charge in [0.05, 0.1) is 28.8 Å². The molecule has 1 aromatic carbocycles. The van der Waals surface area contributed by atoms with Crippen LogP contribution in [0.2, 0.25) is 10.0 Å². The van der Waals surface area contributed by atoms with E-state index in [2.05, 4.69) is 10.3 Å². The molecule has 7 nitrogen and oxygen atoms in total. The number of aromatic nitrogens is 1. The molecule has 2 rings (SSSR count). The minimum atomic E-state index is -0.684. The minimum absolute atomic E-state index is 0.0488. The number of nitrogens with zero attached hydrogens (tertiary/aromatic N) is 1. The first kappa shape index (κ1) is 21.8. The number of carbonyl (C=O) groups is 2. The maximum atomic E-state index is 12.2. The molecule has 0 spiro atoms. The number of carbonyl (C=O) groups excluding carboxylic acids is 2. The first-order valence-corrected chi connectivity index (χ1v) is 9.10. The number of amides is 1. The molecule has 0 aliphatic heterocycles. The van der Waals surface area contributed by atoms with Gasteiger partial charge in [0.25, 0.3) is 5.91 Å². The first-order valence-electron chi connectivity index (χ1n) is 8.35. The zero-order chi connectivity index (χ0) is 20.8. The van der Waals surface area contributed by atoms with Crippen molar-refractivity contribution in [3.8, 4) is 11.5 Å². The summed E-state index contributed by atoms with van der Waals surface area (Å²) in [6.45, 7) is 4.94. The minimum Gasteiger partial charge on any atom is -0.493 e. The highest BCUT2D eigenvalue weighted by molar-refractivity contribution is 6.37. The number of pyridine rings is 1. The fourth-order valence-corrected chi connectivity index (χ4v) is 2.56. The van der Waals surface area contributed by atoms with Gasteiger partial charge in [-0.3, -0.25) is 4.79 Å². The van der Waals surface area contributed by atoms with E-state index in [1.807, 2.05) is 13.8 Å². The van der Waals surface area contributed by atoms with Crippen molar-refractivity contribution in [1.82, 2.24) is 4.98 Å². The van der Waals surface area contributed by atoms with Crippen molar-refractivity contribution in [2.45, 2.75) is 26.9 Å². The van der Waals surface area contributed by atoms with Crippen LogP contribution in [0.25, 0.3) is 0 Å². The Bertz CT molecular complexity index is 887. The molecule has 1 aromatic heterocycles. The van der Waals surface area contributed by atoms with Gasteiger partial charge in [0, 0.05) is 6.20 Å². The van der Waals surface area contributed by atoms with Crippen LogP contribution in [-0.4, -0.2) is 36.7 Å². The highest BCUT2D eigenvalue weighted by Crippen LogP contribution is 2.30. The quantitative estimate of drug-likeness (QED) is 0.664. The van der Waals surface area contributed by atoms with Crippen LogP contribution in [0.1, 0.15) is 29.8 Å². The summed E-state index contributed by atoms with van der Waals surface area (Å²) in [7, 11) is 1.47. The molecule has 2 aromatic rings. The number of benzene rings is 1. The standard InChI is InChI=1S/C19H20Cl2N2O5/c1-10(2)28-14-6-5-12(7-15(14)26-4)19(25)27-9-16(24)23-18-17(21)11(3)13(20)8-22-18/h5-8,10H,9H2,1-4H3,(H,22,23,24). The molecular formula is C19H20Cl2N2O5. The first-order chi connectivity index (χ1) is 13.2. The Morgan fingerprint density at radius 2 is 1.93 bits per heavy atom. The van der Waals surface area contributed by atoms with Crippen LogP contribution in [0, 0.1) is 6.92 Å². The molecule has 0 radical (unpaired) electrons. The van der Waals surface area contributed by atoms with E-state index in [-0.39, 0.29) is 22.5 Å². The second-order valence-electron chi connectivity index (χ2n) is 6.05. The largest absolute Gasteiger partial charge is 0.493 e. The van der Waals surface area contributed by atoms with Gasteiger partial charge in [0.1, 0.15) is 0 Å². The number of hydrogen-bond donors (Lipinski definition) is 1. The van der Waals surface area contributed by atoms with Crippen molar-refractivity contribution in [2.24, 2.45) is 0 Å². The summed E-state index contributed by atoms with van der Waals surface area (Å²) >= 11 is 12.0. The maximum Gasteiger partial charge on any atom is 0.338 e. The Balaban J connectivity index is 2.00. The normalized spacial score (nSPS) is 10.5. The van der Waals surface area contributed by atoms with Crippen LogP contribution in [0.5, 0.6) is 11.5 Å². The van der Waals surface area contributed by atoms with E-state index in [4.69, 9.17) is 37.4 Å². The molecule has 9 heteroatoms. The van der Waals surface area contributed by atoms with Crippen molar-refractivity contribution < 1.29 is 23.8 Å². The summed E-state index contributed by atoms with van der Waals surface area (Å²) in [6.07, 6.45) is 1.32. The predicted octanol–water partition coefficient (Wildman–Crippen LogP) is 4.29. The molecule has 1 amide bonds. The molecule has 0 saturated heterocycles. The molecule has 0 fully saturated rings. The summed E-state index contributed by atoms with van der Waals surface area (Å²) in [5.41, 5.74) is 0.806. The third kappa shape index (κ3) is 5.50. The molecule has 0 aliphatic rings. The highest BCUT2D eigenvalue weighted by Gasteiger charge is 2.16. The van der Waals surface area contributed by atoms with E-state index >= 15 is 0 Å². The van der Waals surface area contributed by atoms with Gasteiger partial charge in [-0.05, 0) is 44.5 Å². The lowest BCUT2D eigenvalue weighted by atomic mass is 10.2. The SMILES string of the molecule is COc1cc(C(=O)OCC(=O)Nc2ncc(Cl)c(C)c2Cl)ccc1OC(C)C. The van der Waals surface area contributed by atoms with Crippen LogP contribution < -0.4 is 14.8 Å². The lowest BCUT2D eigenvalue weighted by Gasteiger charge is -2.14. The molecule has 1 heterocycles. The van der Waals surface area contributed by atoms with Gasteiger partial charge in [0.15, 0.2) is 23.9 Å². The Kier molecular flexibility index (Phi) is 7.48. The summed E-state index contributed by atoms with van der Waals surface area (Å²) < 4.78 is 15.9. The third-order valence-electron chi connectivity index (χ3n) is 3.56. The van der Waals surface area contributed by atoms with E-state index < -0.39 is 18.5 Å². The maximum absolute atomic E-state index is 12.2. The third-order valence-corrected chi connectivity index (χ3v) is 4.40. The van der Waals surface area contributed by atoms with Crippen LogP contribution >= 0.6 is 23.2 Å². The van der Waals surface area contributed by atoms with Crippen molar-refractivity contribution >= 4 is 40.9 Å². The van der Waals surface area contributed by atoms with Crippen molar-refractivity contribution in [3.63, 3.8) is 0 Å². The number of hydrogen-bond acceptors (Lipinski definition) is 6. The lowest BCUT2D eigenvalue weighted by molar-refractivity contribution is -0.119. The van der Waals surface area contributed by atoms with Crippen molar-refractivity contribution in [1.29, 1.82) is 0 Å². The van der Waals surface area contributed by atoms with E-state index in [0.29, 0.717) is 22.1 Å². The number of esters is 1. The fourth-order valence-electron chi connectivity index (χ4n) is 2.17. The van der Waals surface area contributed by atoms with Gasteiger partial charge >= 0.3 is 5.97 Å². The topological polar surface area (TPSA) is 86.8 Å². The van der Waals surface area contributed by atoms with E-state index in [1.165, 1.54) is 25.4 Å². The van der Waals surface area contributed by atoms with Gasteiger partial charge in [-0.25, -0.2) is 9.78 Å². The van der Waals surface area contributed by atoms with E-state index in [0.717, 1.165) is 0 Å². The number of methoxy groups -OCH3 is 1. The molecule has 0 aliphatic carbocycles. The van der Waals surface area contributed by atoms with Crippen LogP contribution in [0.4, 0.5) is 5.82 Å². The number of rotatable bonds is 7. The van der Waals surface area contributed by atoms with E-state index in [1.54, 1.807) is 13.0 Å². The smallest absolute Gasteiger partial charge is 0.338 e. The molecule has 28 heavy (non-hydrogen) atoms. The average molecular weight is 427 g/mol. The van der Waals surface area contributed by atoms with Gasteiger partial charge in [-0.15, -0.1) is 0 Å². The Morgan fingerprint density at radius 1 is 1.21 bits per heavy atom. The summed E-state index contributed by atoms with van der Waals surface area (Å²) in [6, 6.07) is 4.62. The predicted molar refractivity (Wildman–Crippen MR) is 107 cm³/mol. The number of nitrogens with one attached hydrogen (secondary N) is 1. The summed E-state index contributed by atoms with van der Waals surface area (Å²) in [5.74, 6) is -0.237. The monoisotopic (exact) mass is 426 g/mol. The Morgan fingerprint density at radius 3 is 2.57 bits per heavy atom. The molecular weight excluding hydrogens is 407 g/mol. The Labute approximate surface area is 172 Å². The molecule has 0 unspecified atom stereocenters. The second-order valence-corrected chi connectivity index (χ2v) is 6.84. The number of halogens is 2. The van der Waals surface area contributed by atoms with Gasteiger partial charge in [-0.1, -0.05) is 23.2 Å². The Hall–Kier alpha value is -2.51. The van der Waals surface area contributed by atoms with Gasteiger partial charge in [0.2, 0.25) is 0 Å². The molecule has 150 valence electrons. The van der Waals surface area contributed by atoms with Crippen molar-refractivity contribution in [3.05, 3.63) is 45.6 Å².